The largest absolute Gasteiger partial charge is 0.252 e. The summed E-state index contributed by atoms with van der Waals surface area (Å²) in [7, 11) is 10.9. The fraction of sp³-hybridized carbons (Fsp3) is 0. The van der Waals surface area contributed by atoms with Crippen LogP contribution in [0.25, 0.3) is 22.3 Å². The van der Waals surface area contributed by atoms with Crippen LogP contribution in [0.2, 0.25) is 0 Å². The van der Waals surface area contributed by atoms with Crippen LogP contribution in [-0.2, 0) is 0 Å². The Kier molecular flexibility index (Phi) is 3.93. The van der Waals surface area contributed by atoms with Crippen LogP contribution in [0.15, 0.2) is 23.1 Å². The molecule has 0 unspecified atom stereocenters. The molecule has 0 saturated heterocycles. The highest BCUT2D eigenvalue weighted by molar-refractivity contribution is 9.10. The van der Waals surface area contributed by atoms with Gasteiger partial charge in [-0.25, -0.2) is 9.97 Å². The predicted molar refractivity (Wildman–Crippen MR) is 111 cm³/mol. The van der Waals surface area contributed by atoms with Crippen molar-refractivity contribution in [1.29, 1.82) is 0 Å². The van der Waals surface area contributed by atoms with Crippen LogP contribution >= 0.6 is 15.9 Å². The maximum atomic E-state index is 4.65. The second-order valence-electron chi connectivity index (χ2n) is 5.71. The second kappa shape index (κ2) is 5.62. The molecule has 0 amide bonds. The lowest BCUT2D eigenvalue weighted by molar-refractivity contribution is 1.15. The molecule has 0 fully saturated rings. The first kappa shape index (κ1) is 15.4. The van der Waals surface area contributed by atoms with E-state index in [1.54, 1.807) is 6.20 Å². The molecule has 102 valence electrons. The Morgan fingerprint density at radius 2 is 1.41 bits per heavy atom. The van der Waals surface area contributed by atoms with Gasteiger partial charge in [-0.15, -0.1) is 16.4 Å². The van der Waals surface area contributed by atoms with E-state index >= 15 is 0 Å². The van der Waals surface area contributed by atoms with Gasteiger partial charge < -0.3 is 0 Å². The molecule has 22 heavy (non-hydrogen) atoms. The predicted octanol–water partition coefficient (Wildman–Crippen LogP) is -5.25. The van der Waals surface area contributed by atoms with Crippen molar-refractivity contribution in [2.24, 2.45) is 0 Å². The van der Waals surface area contributed by atoms with Gasteiger partial charge in [-0.3, -0.25) is 4.98 Å². The van der Waals surface area contributed by atoms with Gasteiger partial charge in [0.05, 0.1) is 11.2 Å². The Morgan fingerprint density at radius 3 is 2.05 bits per heavy atom. The number of rotatable bonds is 1. The van der Waals surface area contributed by atoms with Gasteiger partial charge in [-0.2, -0.15) is 0 Å². The van der Waals surface area contributed by atoms with Crippen LogP contribution in [-0.4, -0.2) is 54.2 Å². The Morgan fingerprint density at radius 1 is 0.818 bits per heavy atom. The molecule has 0 bridgehead atoms. The normalized spacial score (nSPS) is 11.0. The average molecular weight is 345 g/mol. The molecule has 2 heterocycles. The monoisotopic (exact) mass is 345 g/mol. The SMILES string of the molecule is Bc1c(B)c(B)c(-c2nc(Br)nc3cccnc23)c(B)c1B. The first-order valence-corrected chi connectivity index (χ1v) is 8.06. The molecular formula is C13H13B5BrN3. The van der Waals surface area contributed by atoms with Crippen molar-refractivity contribution in [3.8, 4) is 11.3 Å². The van der Waals surface area contributed by atoms with Crippen molar-refractivity contribution in [3.63, 3.8) is 0 Å². The maximum Gasteiger partial charge on any atom is 0.197 e. The van der Waals surface area contributed by atoms with Gasteiger partial charge >= 0.3 is 0 Å². The minimum atomic E-state index is 0.595. The summed E-state index contributed by atoms with van der Waals surface area (Å²) in [6, 6.07) is 3.87. The molecule has 3 nitrogen and oxygen atoms in total. The zero-order valence-electron chi connectivity index (χ0n) is 13.5. The van der Waals surface area contributed by atoms with E-state index in [1.165, 1.54) is 32.9 Å². The Labute approximate surface area is 142 Å². The molecule has 0 saturated carbocycles. The van der Waals surface area contributed by atoms with E-state index in [4.69, 9.17) is 0 Å². The minimum Gasteiger partial charge on any atom is -0.252 e. The van der Waals surface area contributed by atoms with Gasteiger partial charge in [0.25, 0.3) is 0 Å². The molecular weight excluding hydrogens is 332 g/mol. The van der Waals surface area contributed by atoms with Crippen LogP contribution in [0.1, 0.15) is 0 Å². The number of fused-ring (bicyclic) bond motifs is 1. The number of hydrogen-bond acceptors (Lipinski definition) is 3. The molecule has 0 aliphatic carbocycles. The Balaban J connectivity index is 2.48. The number of aromatic nitrogens is 3. The van der Waals surface area contributed by atoms with E-state index in [2.05, 4.69) is 70.1 Å². The molecule has 2 aromatic heterocycles. The summed E-state index contributed by atoms with van der Waals surface area (Å²) in [6.07, 6.45) is 1.79. The van der Waals surface area contributed by atoms with Gasteiger partial charge in [0, 0.05) is 6.20 Å². The molecule has 9 heteroatoms. The number of halogens is 1. The molecule has 0 atom stereocenters. The molecule has 3 rings (SSSR count). The van der Waals surface area contributed by atoms with Crippen molar-refractivity contribution in [3.05, 3.63) is 23.1 Å². The summed E-state index contributed by atoms with van der Waals surface area (Å²) in [5.41, 5.74) is 10.3. The maximum absolute atomic E-state index is 4.65. The number of pyridine rings is 1. The third kappa shape index (κ3) is 2.32. The summed E-state index contributed by atoms with van der Waals surface area (Å²) < 4.78 is 0.595. The summed E-state index contributed by atoms with van der Waals surface area (Å²) in [4.78, 5) is 13.6. The zero-order valence-corrected chi connectivity index (χ0v) is 15.0. The number of benzene rings is 1. The van der Waals surface area contributed by atoms with Crippen molar-refractivity contribution in [2.45, 2.75) is 0 Å². The molecule has 0 aliphatic rings. The standard InChI is InChI=1S/C13H13B5BrN3/c14-6-5(7(15)9(17)10(18)8(6)16)12-11-4(2-1-3-20-11)21-13(19)22-12/h1-3H,14-18H2. The smallest absolute Gasteiger partial charge is 0.197 e. The van der Waals surface area contributed by atoms with Crippen LogP contribution in [0.3, 0.4) is 0 Å². The molecule has 0 radical (unpaired) electrons. The van der Waals surface area contributed by atoms with Crippen LogP contribution in [0.5, 0.6) is 0 Å². The van der Waals surface area contributed by atoms with E-state index in [0.717, 1.165) is 16.7 Å². The zero-order chi connectivity index (χ0) is 16.0. The molecule has 3 aromatic rings. The fourth-order valence-corrected chi connectivity index (χ4v) is 3.34. The fourth-order valence-electron chi connectivity index (χ4n) is 2.97. The molecule has 0 N–H and O–H groups in total. The lowest BCUT2D eigenvalue weighted by Crippen LogP contribution is -2.55. The first-order valence-electron chi connectivity index (χ1n) is 7.27. The van der Waals surface area contributed by atoms with Crippen molar-refractivity contribution in [2.75, 3.05) is 0 Å². The van der Waals surface area contributed by atoms with Crippen LogP contribution in [0.4, 0.5) is 0 Å². The van der Waals surface area contributed by atoms with Crippen LogP contribution < -0.4 is 27.3 Å². The Hall–Kier alpha value is -1.49. The molecule has 0 aliphatic heterocycles. The molecule has 1 aromatic carbocycles. The van der Waals surface area contributed by atoms with Gasteiger partial charge in [0.2, 0.25) is 0 Å². The summed E-state index contributed by atoms with van der Waals surface area (Å²) in [5, 5.41) is 0. The quantitative estimate of drug-likeness (QED) is 0.327. The summed E-state index contributed by atoms with van der Waals surface area (Å²) in [5.74, 6) is 0. The molecule has 0 spiro atoms. The van der Waals surface area contributed by atoms with E-state index in [1.807, 2.05) is 12.1 Å². The summed E-state index contributed by atoms with van der Waals surface area (Å²) >= 11 is 3.43. The lowest BCUT2D eigenvalue weighted by atomic mass is 9.60. The van der Waals surface area contributed by atoms with E-state index in [0.29, 0.717) is 4.73 Å². The third-order valence-corrected chi connectivity index (χ3v) is 5.02. The van der Waals surface area contributed by atoms with Gasteiger partial charge in [-0.1, -0.05) is 10.9 Å². The average Bonchev–Trinajstić information content (AvgIpc) is 2.51. The van der Waals surface area contributed by atoms with Gasteiger partial charge in [0.15, 0.2) is 4.73 Å². The summed E-state index contributed by atoms with van der Waals surface area (Å²) in [6.45, 7) is 0. The highest BCUT2D eigenvalue weighted by atomic mass is 79.9. The Bertz CT molecular complexity index is 887. The third-order valence-electron chi connectivity index (χ3n) is 4.66. The van der Waals surface area contributed by atoms with Gasteiger partial charge in [-0.05, 0) is 33.6 Å². The minimum absolute atomic E-state index is 0.595. The van der Waals surface area contributed by atoms with Crippen molar-refractivity contribution < 1.29 is 0 Å². The number of nitrogens with zero attached hydrogens (tertiary/aromatic N) is 3. The highest BCUT2D eigenvalue weighted by Crippen LogP contribution is 2.22. The lowest BCUT2D eigenvalue weighted by Gasteiger charge is -2.20. The number of hydrogen-bond donors (Lipinski definition) is 0. The van der Waals surface area contributed by atoms with E-state index in [-0.39, 0.29) is 0 Å². The van der Waals surface area contributed by atoms with Crippen molar-refractivity contribution in [1.82, 2.24) is 15.0 Å². The highest BCUT2D eigenvalue weighted by Gasteiger charge is 2.17. The van der Waals surface area contributed by atoms with E-state index < -0.39 is 0 Å². The van der Waals surface area contributed by atoms with E-state index in [9.17, 15) is 0 Å². The topological polar surface area (TPSA) is 38.7 Å². The van der Waals surface area contributed by atoms with Crippen LogP contribution in [0, 0.1) is 0 Å². The first-order chi connectivity index (χ1) is 10.4. The van der Waals surface area contributed by atoms with Crippen molar-refractivity contribution >= 4 is 93.5 Å². The van der Waals surface area contributed by atoms with Gasteiger partial charge in [0.1, 0.15) is 44.7 Å². The second-order valence-corrected chi connectivity index (χ2v) is 6.42.